The van der Waals surface area contributed by atoms with Crippen molar-refractivity contribution in [3.8, 4) is 0 Å². The largest absolute Gasteiger partial charge is 0.459 e. The van der Waals surface area contributed by atoms with E-state index in [1.807, 2.05) is 91.0 Å². The summed E-state index contributed by atoms with van der Waals surface area (Å²) in [4.78, 5) is 69.0. The van der Waals surface area contributed by atoms with E-state index in [1.54, 1.807) is 79.7 Å². The number of aliphatic hydroxyl groups excluding tert-OH is 2. The molecule has 0 spiro atoms. The van der Waals surface area contributed by atoms with Gasteiger partial charge in [0.1, 0.15) is 62.0 Å². The second kappa shape index (κ2) is 31.1. The van der Waals surface area contributed by atoms with Crippen LogP contribution in [0.4, 0.5) is 0 Å². The fraction of sp³-hybridized carbons (Fsp3) is 0.319. The van der Waals surface area contributed by atoms with Crippen LogP contribution in [0.3, 0.4) is 0 Å². The number of ether oxygens (including phenoxy) is 13. The number of hydrogen-bond acceptors (Lipinski definition) is 20. The van der Waals surface area contributed by atoms with Crippen LogP contribution in [-0.2, 0) is 86.2 Å². The molecular weight excluding hydrogens is 1150 g/mol. The minimum Gasteiger partial charge on any atom is -0.459 e. The normalized spacial score (nSPS) is 26.6. The van der Waals surface area contributed by atoms with Crippen LogP contribution in [0.1, 0.15) is 72.0 Å². The van der Waals surface area contributed by atoms with Crippen molar-refractivity contribution in [1.82, 2.24) is 0 Å². The van der Waals surface area contributed by atoms with Crippen molar-refractivity contribution in [2.24, 2.45) is 0 Å². The Bertz CT molecular complexity index is 3350. The van der Waals surface area contributed by atoms with Gasteiger partial charge in [0.15, 0.2) is 37.2 Å². The standard InChI is InChI=1S/C69H68O20/c1-43-55(77-38-45-24-10-3-11-25-45)59(78-39-46-26-12-4-13-27-46)62(79-40-47-28-14-5-15-29-47)69(82-43)89-60-57(53(42-81-64(73)49-32-18-7-19-33-49)84-67(76)61(60)87-66(75)51-36-22-9-23-37-51)88-68-58(86-65(74)50-34-20-8-21-35-50)54(71)56(83-44(2)70)52(85-68)41-80-63(72)48-30-16-6-17-31-48/h3-37,43,52-62,67-69,71,76H,38-42H2,1-2H3/t43-,52+,53+,54-,55+,56-,57-,58+,59+,60-,61+,62-,67+,68-,69-/m0/s1. The van der Waals surface area contributed by atoms with Crippen molar-refractivity contribution in [3.63, 3.8) is 0 Å². The Morgan fingerprint density at radius 2 is 0.730 bits per heavy atom. The predicted octanol–water partition coefficient (Wildman–Crippen LogP) is 8.16. The molecule has 3 aliphatic rings. The van der Waals surface area contributed by atoms with Gasteiger partial charge in [-0.3, -0.25) is 4.79 Å². The molecular formula is C69H68O20. The molecule has 0 unspecified atom stereocenters. The molecule has 2 N–H and O–H groups in total. The third-order valence-electron chi connectivity index (χ3n) is 15.0. The Balaban J connectivity index is 1.09. The lowest BCUT2D eigenvalue weighted by atomic mass is 9.95. The maximum atomic E-state index is 14.4. The number of benzene rings is 7. The third kappa shape index (κ3) is 16.8. The van der Waals surface area contributed by atoms with Crippen molar-refractivity contribution in [3.05, 3.63) is 251 Å². The van der Waals surface area contributed by atoms with Crippen LogP contribution >= 0.6 is 0 Å². The number of aliphatic hydroxyl groups is 2. The molecule has 0 amide bonds. The van der Waals surface area contributed by atoms with Gasteiger partial charge in [0, 0.05) is 6.92 Å². The van der Waals surface area contributed by atoms with Crippen LogP contribution in [0.25, 0.3) is 0 Å². The Labute approximate surface area is 513 Å². The zero-order chi connectivity index (χ0) is 62.1. The van der Waals surface area contributed by atoms with E-state index in [9.17, 15) is 34.2 Å². The molecule has 15 atom stereocenters. The number of carbonyl (C=O) groups is 5. The molecule has 3 saturated heterocycles. The molecule has 0 saturated carbocycles. The van der Waals surface area contributed by atoms with Crippen molar-refractivity contribution in [2.45, 2.75) is 126 Å². The summed E-state index contributed by atoms with van der Waals surface area (Å²) in [7, 11) is 0. The third-order valence-corrected chi connectivity index (χ3v) is 15.0. The topological polar surface area (TPSA) is 246 Å². The fourth-order valence-electron chi connectivity index (χ4n) is 10.5. The van der Waals surface area contributed by atoms with Gasteiger partial charge in [-0.15, -0.1) is 0 Å². The summed E-state index contributed by atoms with van der Waals surface area (Å²) in [5.74, 6) is -4.45. The lowest BCUT2D eigenvalue weighted by Gasteiger charge is -2.50. The summed E-state index contributed by atoms with van der Waals surface area (Å²) in [6.45, 7) is 1.63. The molecule has 464 valence electrons. The minimum atomic E-state index is -2.09. The van der Waals surface area contributed by atoms with E-state index in [2.05, 4.69) is 0 Å². The van der Waals surface area contributed by atoms with Gasteiger partial charge in [-0.25, -0.2) is 19.2 Å². The molecule has 7 aromatic carbocycles. The molecule has 89 heavy (non-hydrogen) atoms. The average molecular weight is 1220 g/mol. The average Bonchev–Trinajstić information content (AvgIpc) is 0.956. The summed E-state index contributed by atoms with van der Waals surface area (Å²) in [6.07, 6.45) is -23.9. The molecule has 3 heterocycles. The lowest BCUT2D eigenvalue weighted by Crippen LogP contribution is -2.68. The van der Waals surface area contributed by atoms with Crippen molar-refractivity contribution >= 4 is 29.8 Å². The van der Waals surface area contributed by atoms with Gasteiger partial charge in [0.25, 0.3) is 0 Å². The van der Waals surface area contributed by atoms with Crippen LogP contribution in [0.15, 0.2) is 212 Å². The van der Waals surface area contributed by atoms with Gasteiger partial charge in [0.05, 0.1) is 48.2 Å². The van der Waals surface area contributed by atoms with Gasteiger partial charge < -0.3 is 71.8 Å². The molecule has 3 aliphatic heterocycles. The second-order valence-corrected chi connectivity index (χ2v) is 21.3. The number of carbonyl (C=O) groups excluding carboxylic acids is 5. The SMILES string of the molecule is CC(=O)O[C@@H]1[C@H](O)[C@@H](OC(=O)c2ccccc2)[C@H](O[C@@H]2[C@H](O[C@@H]3O[C@@H](C)[C@@H](OCc4ccccc4)[C@@H](OCc4ccccc4)[C@@H]3OCc3ccccc3)[C@@H](OC(=O)c3ccccc3)[C@H](O)O[C@@H]2COC(=O)c2ccccc2)O[C@@H]1COC(=O)c1ccccc1. The monoisotopic (exact) mass is 1220 g/mol. The molecule has 20 nitrogen and oxygen atoms in total. The molecule has 0 aliphatic carbocycles. The Morgan fingerprint density at radius 3 is 1.17 bits per heavy atom. The van der Waals surface area contributed by atoms with E-state index < -0.39 is 135 Å². The molecule has 10 rings (SSSR count). The van der Waals surface area contributed by atoms with E-state index in [1.165, 1.54) is 48.5 Å². The fourth-order valence-corrected chi connectivity index (χ4v) is 10.5. The minimum absolute atomic E-state index is 0.0253. The molecule has 3 fully saturated rings. The van der Waals surface area contributed by atoms with Gasteiger partial charge in [-0.05, 0) is 72.1 Å². The van der Waals surface area contributed by atoms with E-state index in [4.69, 9.17) is 61.6 Å². The predicted molar refractivity (Wildman–Crippen MR) is 315 cm³/mol. The maximum Gasteiger partial charge on any atom is 0.338 e. The van der Waals surface area contributed by atoms with Crippen LogP contribution in [0, 0.1) is 0 Å². The molecule has 0 bridgehead atoms. The van der Waals surface area contributed by atoms with Crippen molar-refractivity contribution < 1.29 is 95.8 Å². The number of esters is 5. The highest BCUT2D eigenvalue weighted by Crippen LogP contribution is 2.38. The quantitative estimate of drug-likeness (QED) is 0.0428. The molecule has 0 radical (unpaired) electrons. The Hall–Kier alpha value is -8.51. The van der Waals surface area contributed by atoms with Crippen molar-refractivity contribution in [2.75, 3.05) is 13.2 Å². The van der Waals surface area contributed by atoms with Gasteiger partial charge >= 0.3 is 29.8 Å². The Kier molecular flexibility index (Phi) is 22.2. The van der Waals surface area contributed by atoms with Gasteiger partial charge in [-0.2, -0.15) is 0 Å². The first kappa shape index (κ1) is 63.5. The summed E-state index contributed by atoms with van der Waals surface area (Å²) in [5.41, 5.74) is 2.83. The number of rotatable bonds is 24. The van der Waals surface area contributed by atoms with E-state index in [0.717, 1.165) is 23.6 Å². The first-order valence-electron chi connectivity index (χ1n) is 29.1. The second-order valence-electron chi connectivity index (χ2n) is 21.3. The smallest absolute Gasteiger partial charge is 0.338 e. The zero-order valence-corrected chi connectivity index (χ0v) is 48.6. The highest BCUT2D eigenvalue weighted by atomic mass is 16.8. The highest BCUT2D eigenvalue weighted by molar-refractivity contribution is 5.91. The summed E-state index contributed by atoms with van der Waals surface area (Å²) >= 11 is 0. The van der Waals surface area contributed by atoms with Crippen LogP contribution in [0.2, 0.25) is 0 Å². The first-order valence-corrected chi connectivity index (χ1v) is 29.1. The summed E-state index contributed by atoms with van der Waals surface area (Å²) in [5, 5.41) is 24.9. The van der Waals surface area contributed by atoms with Gasteiger partial charge in [0.2, 0.25) is 0 Å². The lowest BCUT2D eigenvalue weighted by molar-refractivity contribution is -0.386. The van der Waals surface area contributed by atoms with E-state index in [-0.39, 0.29) is 42.1 Å². The molecule has 20 heteroatoms. The van der Waals surface area contributed by atoms with Crippen LogP contribution in [-0.4, -0.2) is 145 Å². The summed E-state index contributed by atoms with van der Waals surface area (Å²) < 4.78 is 84.1. The van der Waals surface area contributed by atoms with Crippen LogP contribution in [0.5, 0.6) is 0 Å². The van der Waals surface area contributed by atoms with Crippen LogP contribution < -0.4 is 0 Å². The summed E-state index contributed by atoms with van der Waals surface area (Å²) in [6, 6.07) is 59.9. The first-order chi connectivity index (χ1) is 43.4. The molecule has 0 aromatic heterocycles. The van der Waals surface area contributed by atoms with Gasteiger partial charge in [-0.1, -0.05) is 164 Å². The Morgan fingerprint density at radius 1 is 0.371 bits per heavy atom. The van der Waals surface area contributed by atoms with E-state index in [0.29, 0.717) is 0 Å². The molecule has 7 aromatic rings. The highest BCUT2D eigenvalue weighted by Gasteiger charge is 2.58. The van der Waals surface area contributed by atoms with Crippen molar-refractivity contribution in [1.29, 1.82) is 0 Å². The maximum absolute atomic E-state index is 14.4. The number of hydrogen-bond donors (Lipinski definition) is 2. The van der Waals surface area contributed by atoms with E-state index >= 15 is 0 Å². The zero-order valence-electron chi connectivity index (χ0n) is 48.6.